The molecule has 0 saturated carbocycles. The number of aromatic nitrogens is 2. The number of fused-ring (bicyclic) bond motifs is 1. The summed E-state index contributed by atoms with van der Waals surface area (Å²) in [6.07, 6.45) is 2.93. The van der Waals surface area contributed by atoms with Crippen molar-refractivity contribution in [2.45, 2.75) is 38.5 Å². The fraction of sp³-hybridized carbons (Fsp3) is 0.417. The number of rotatable bonds is 8. The van der Waals surface area contributed by atoms with Crippen molar-refractivity contribution in [3.8, 4) is 0 Å². The van der Waals surface area contributed by atoms with Crippen LogP contribution < -0.4 is 0 Å². The quantitative estimate of drug-likeness (QED) is 0.524. The number of aryl methyl sites for hydroxylation is 1. The van der Waals surface area contributed by atoms with Gasteiger partial charge in [-0.3, -0.25) is 4.79 Å². The van der Waals surface area contributed by atoms with E-state index < -0.39 is 10.0 Å². The number of amides is 1. The Kier molecular flexibility index (Phi) is 6.91. The predicted molar refractivity (Wildman–Crippen MR) is 126 cm³/mol. The van der Waals surface area contributed by atoms with Crippen LogP contribution >= 0.6 is 0 Å². The molecular formula is C24H30N4O3S. The lowest BCUT2D eigenvalue weighted by molar-refractivity contribution is -0.133. The van der Waals surface area contributed by atoms with Gasteiger partial charge in [-0.2, -0.15) is 4.31 Å². The van der Waals surface area contributed by atoms with Crippen LogP contribution in [0.5, 0.6) is 0 Å². The number of benzene rings is 2. The number of imidazole rings is 1. The molecular weight excluding hydrogens is 424 g/mol. The van der Waals surface area contributed by atoms with Crippen LogP contribution in [0, 0.1) is 0 Å². The summed E-state index contributed by atoms with van der Waals surface area (Å²) in [5, 5.41) is 0. The van der Waals surface area contributed by atoms with Crippen molar-refractivity contribution in [2.75, 3.05) is 26.2 Å². The Hall–Kier alpha value is -2.71. The highest BCUT2D eigenvalue weighted by molar-refractivity contribution is 7.88. The van der Waals surface area contributed by atoms with Gasteiger partial charge in [0.1, 0.15) is 12.4 Å². The van der Waals surface area contributed by atoms with Crippen LogP contribution in [-0.2, 0) is 33.5 Å². The third kappa shape index (κ3) is 5.02. The molecule has 0 atom stereocenters. The molecule has 2 heterocycles. The number of para-hydroxylation sites is 2. The Balaban J connectivity index is 1.41. The number of hydrogen-bond donors (Lipinski definition) is 0. The van der Waals surface area contributed by atoms with Crippen LogP contribution in [0.25, 0.3) is 11.0 Å². The number of unbranched alkanes of at least 4 members (excludes halogenated alkanes) is 1. The molecule has 0 bridgehead atoms. The van der Waals surface area contributed by atoms with E-state index in [0.717, 1.165) is 41.7 Å². The maximum atomic E-state index is 13.1. The van der Waals surface area contributed by atoms with E-state index in [1.165, 1.54) is 4.31 Å². The second-order valence-corrected chi connectivity index (χ2v) is 10.2. The van der Waals surface area contributed by atoms with E-state index in [0.29, 0.717) is 26.2 Å². The predicted octanol–water partition coefficient (Wildman–Crippen LogP) is 3.05. The SMILES string of the molecule is CCCCc1nc2ccccc2n1CC(=O)N1CCN(S(=O)(=O)Cc2ccccc2)CC1. The summed E-state index contributed by atoms with van der Waals surface area (Å²) in [7, 11) is -3.40. The normalized spacial score (nSPS) is 15.3. The average Bonchev–Trinajstić information content (AvgIpc) is 3.15. The third-order valence-corrected chi connectivity index (χ3v) is 7.81. The lowest BCUT2D eigenvalue weighted by Gasteiger charge is -2.34. The monoisotopic (exact) mass is 454 g/mol. The van der Waals surface area contributed by atoms with Gasteiger partial charge in [0.05, 0.1) is 16.8 Å². The second-order valence-electron chi connectivity index (χ2n) is 8.23. The second kappa shape index (κ2) is 9.83. The molecule has 1 amide bonds. The van der Waals surface area contributed by atoms with Crippen molar-refractivity contribution in [3.63, 3.8) is 0 Å². The molecule has 4 rings (SSSR count). The summed E-state index contributed by atoms with van der Waals surface area (Å²) in [5.74, 6) is 0.931. The van der Waals surface area contributed by atoms with Crippen LogP contribution in [0.1, 0.15) is 31.2 Å². The summed E-state index contributed by atoms with van der Waals surface area (Å²) in [6.45, 7) is 3.84. The molecule has 1 aliphatic rings. The minimum Gasteiger partial charge on any atom is -0.339 e. The molecule has 0 spiro atoms. The number of carbonyl (C=O) groups is 1. The molecule has 0 N–H and O–H groups in total. The highest BCUT2D eigenvalue weighted by atomic mass is 32.2. The Morgan fingerprint density at radius 1 is 0.969 bits per heavy atom. The first kappa shape index (κ1) is 22.5. The van der Waals surface area contributed by atoms with Crippen LogP contribution in [-0.4, -0.2) is 59.3 Å². The van der Waals surface area contributed by atoms with Crippen molar-refractivity contribution in [2.24, 2.45) is 0 Å². The molecule has 0 radical (unpaired) electrons. The van der Waals surface area contributed by atoms with Crippen molar-refractivity contribution in [3.05, 3.63) is 66.0 Å². The van der Waals surface area contributed by atoms with E-state index in [1.807, 2.05) is 59.2 Å². The lowest BCUT2D eigenvalue weighted by Crippen LogP contribution is -2.51. The van der Waals surface area contributed by atoms with Crippen molar-refractivity contribution in [1.29, 1.82) is 0 Å². The zero-order chi connectivity index (χ0) is 22.6. The molecule has 32 heavy (non-hydrogen) atoms. The number of carbonyl (C=O) groups excluding carboxylic acids is 1. The van der Waals surface area contributed by atoms with Crippen molar-refractivity contribution >= 4 is 27.0 Å². The van der Waals surface area contributed by atoms with Gasteiger partial charge in [0.15, 0.2) is 0 Å². The molecule has 170 valence electrons. The van der Waals surface area contributed by atoms with E-state index in [9.17, 15) is 13.2 Å². The van der Waals surface area contributed by atoms with E-state index in [1.54, 1.807) is 4.90 Å². The summed E-state index contributed by atoms with van der Waals surface area (Å²) in [6, 6.07) is 17.1. The van der Waals surface area contributed by atoms with Crippen molar-refractivity contribution in [1.82, 2.24) is 18.8 Å². The number of hydrogen-bond acceptors (Lipinski definition) is 4. The highest BCUT2D eigenvalue weighted by Crippen LogP contribution is 2.19. The fourth-order valence-electron chi connectivity index (χ4n) is 4.15. The molecule has 1 saturated heterocycles. The molecule has 1 aromatic heterocycles. The van der Waals surface area contributed by atoms with Crippen molar-refractivity contribution < 1.29 is 13.2 Å². The minimum atomic E-state index is -3.40. The first-order chi connectivity index (χ1) is 15.5. The van der Waals surface area contributed by atoms with Gasteiger partial charge in [0.2, 0.25) is 15.9 Å². The average molecular weight is 455 g/mol. The summed E-state index contributed by atoms with van der Waals surface area (Å²) < 4.78 is 29.1. The summed E-state index contributed by atoms with van der Waals surface area (Å²) in [5.41, 5.74) is 2.65. The van der Waals surface area contributed by atoms with Crippen LogP contribution in [0.3, 0.4) is 0 Å². The molecule has 1 fully saturated rings. The third-order valence-electron chi connectivity index (χ3n) is 5.96. The molecule has 2 aromatic carbocycles. The maximum absolute atomic E-state index is 13.1. The van der Waals surface area contributed by atoms with Crippen LogP contribution in [0.15, 0.2) is 54.6 Å². The number of piperazine rings is 1. The van der Waals surface area contributed by atoms with E-state index >= 15 is 0 Å². The van der Waals surface area contributed by atoms with E-state index in [4.69, 9.17) is 4.98 Å². The van der Waals surface area contributed by atoms with E-state index in [2.05, 4.69) is 6.92 Å². The first-order valence-corrected chi connectivity index (χ1v) is 12.8. The Morgan fingerprint density at radius 2 is 1.66 bits per heavy atom. The molecule has 7 nitrogen and oxygen atoms in total. The zero-order valence-electron chi connectivity index (χ0n) is 18.5. The molecule has 3 aromatic rings. The van der Waals surface area contributed by atoms with Crippen LogP contribution in [0.4, 0.5) is 0 Å². The fourth-order valence-corrected chi connectivity index (χ4v) is 5.67. The topological polar surface area (TPSA) is 75.5 Å². The van der Waals surface area contributed by atoms with Gasteiger partial charge in [-0.25, -0.2) is 13.4 Å². The Bertz CT molecular complexity index is 1170. The van der Waals surface area contributed by atoms with Crippen LogP contribution in [0.2, 0.25) is 0 Å². The molecule has 8 heteroatoms. The number of nitrogens with zero attached hydrogens (tertiary/aromatic N) is 4. The largest absolute Gasteiger partial charge is 0.339 e. The highest BCUT2D eigenvalue weighted by Gasteiger charge is 2.29. The zero-order valence-corrected chi connectivity index (χ0v) is 19.3. The molecule has 0 aliphatic carbocycles. The van der Waals surface area contributed by atoms with Gasteiger partial charge in [-0.15, -0.1) is 0 Å². The van der Waals surface area contributed by atoms with E-state index in [-0.39, 0.29) is 18.2 Å². The Labute approximate surface area is 189 Å². The standard InChI is InChI=1S/C24H30N4O3S/c1-2-3-13-23-25-21-11-7-8-12-22(21)28(23)18-24(29)26-14-16-27(17-15-26)32(30,31)19-20-9-5-4-6-10-20/h4-12H,2-3,13-19H2,1H3. The lowest BCUT2D eigenvalue weighted by atomic mass is 10.2. The summed E-state index contributed by atoms with van der Waals surface area (Å²) in [4.78, 5) is 19.6. The smallest absolute Gasteiger partial charge is 0.242 e. The molecule has 1 aliphatic heterocycles. The first-order valence-electron chi connectivity index (χ1n) is 11.2. The van der Waals surface area contributed by atoms with Gasteiger partial charge in [0, 0.05) is 32.6 Å². The molecule has 0 unspecified atom stereocenters. The van der Waals surface area contributed by atoms with Gasteiger partial charge >= 0.3 is 0 Å². The Morgan fingerprint density at radius 3 is 2.38 bits per heavy atom. The minimum absolute atomic E-state index is 0.00556. The summed E-state index contributed by atoms with van der Waals surface area (Å²) >= 11 is 0. The van der Waals surface area contributed by atoms with Gasteiger partial charge in [0.25, 0.3) is 0 Å². The van der Waals surface area contributed by atoms with Gasteiger partial charge in [-0.1, -0.05) is 55.8 Å². The van der Waals surface area contributed by atoms with Gasteiger partial charge < -0.3 is 9.47 Å². The maximum Gasteiger partial charge on any atom is 0.242 e. The van der Waals surface area contributed by atoms with Gasteiger partial charge in [-0.05, 0) is 24.1 Å². The number of sulfonamides is 1.